The Balaban J connectivity index is 2.03. The van der Waals surface area contributed by atoms with Gasteiger partial charge in [-0.3, -0.25) is 4.98 Å². The van der Waals surface area contributed by atoms with E-state index < -0.39 is 12.0 Å². The SMILES string of the molecule is FC(F)(F)c1nc2c(-c3cccc4ncccc34)cccc2[nH]1. The number of nitrogens with one attached hydrogen (secondary N) is 1. The van der Waals surface area contributed by atoms with Crippen LogP contribution in [0.3, 0.4) is 0 Å². The minimum Gasteiger partial charge on any atom is -0.334 e. The molecule has 0 aliphatic rings. The molecule has 23 heavy (non-hydrogen) atoms. The third-order valence-electron chi connectivity index (χ3n) is 3.72. The van der Waals surface area contributed by atoms with E-state index in [9.17, 15) is 13.2 Å². The predicted molar refractivity (Wildman–Crippen MR) is 81.8 cm³/mol. The Labute approximate surface area is 128 Å². The molecule has 0 saturated carbocycles. The van der Waals surface area contributed by atoms with Gasteiger partial charge in [0.25, 0.3) is 0 Å². The zero-order valence-corrected chi connectivity index (χ0v) is 11.7. The zero-order valence-electron chi connectivity index (χ0n) is 11.7. The number of hydrogen-bond donors (Lipinski definition) is 1. The molecule has 3 nitrogen and oxygen atoms in total. The predicted octanol–water partition coefficient (Wildman–Crippen LogP) is 4.80. The van der Waals surface area contributed by atoms with Crippen molar-refractivity contribution >= 4 is 21.9 Å². The Morgan fingerprint density at radius 1 is 0.870 bits per heavy atom. The quantitative estimate of drug-likeness (QED) is 0.548. The second-order valence-corrected chi connectivity index (χ2v) is 5.16. The van der Waals surface area contributed by atoms with Gasteiger partial charge in [-0.25, -0.2) is 4.98 Å². The minimum absolute atomic E-state index is 0.302. The van der Waals surface area contributed by atoms with Gasteiger partial charge < -0.3 is 4.98 Å². The number of pyridine rings is 1. The number of imidazole rings is 1. The zero-order chi connectivity index (χ0) is 16.0. The number of H-pyrrole nitrogens is 1. The van der Waals surface area contributed by atoms with Crippen LogP contribution in [-0.2, 0) is 6.18 Å². The topological polar surface area (TPSA) is 41.6 Å². The van der Waals surface area contributed by atoms with E-state index in [2.05, 4.69) is 15.0 Å². The number of benzene rings is 2. The fraction of sp³-hybridized carbons (Fsp3) is 0.0588. The standard InChI is InChI=1S/C17H10F3N3/c18-17(19,20)16-22-14-8-2-5-12(15(14)23-16)10-4-1-7-13-11(10)6-3-9-21-13/h1-9H,(H,22,23). The first kappa shape index (κ1) is 13.8. The van der Waals surface area contributed by atoms with Crippen LogP contribution in [-0.4, -0.2) is 15.0 Å². The number of halogens is 3. The molecule has 2 aromatic heterocycles. The minimum atomic E-state index is -4.50. The normalized spacial score (nSPS) is 12.1. The molecular weight excluding hydrogens is 303 g/mol. The van der Waals surface area contributed by atoms with E-state index >= 15 is 0 Å². The molecule has 2 aromatic carbocycles. The highest BCUT2D eigenvalue weighted by Crippen LogP contribution is 2.35. The summed E-state index contributed by atoms with van der Waals surface area (Å²) in [4.78, 5) is 10.4. The molecule has 0 amide bonds. The summed E-state index contributed by atoms with van der Waals surface area (Å²) in [6.45, 7) is 0. The molecule has 4 rings (SSSR count). The van der Waals surface area contributed by atoms with Gasteiger partial charge in [-0.15, -0.1) is 0 Å². The molecule has 0 atom stereocenters. The van der Waals surface area contributed by atoms with Gasteiger partial charge in [0, 0.05) is 17.1 Å². The molecular formula is C17H10F3N3. The summed E-state index contributed by atoms with van der Waals surface area (Å²) in [7, 11) is 0. The van der Waals surface area contributed by atoms with E-state index in [1.807, 2.05) is 24.3 Å². The molecule has 4 aromatic rings. The highest BCUT2D eigenvalue weighted by Gasteiger charge is 2.35. The fourth-order valence-electron chi connectivity index (χ4n) is 2.72. The lowest BCUT2D eigenvalue weighted by atomic mass is 9.99. The Bertz CT molecular complexity index is 1010. The van der Waals surface area contributed by atoms with Crippen LogP contribution < -0.4 is 0 Å². The van der Waals surface area contributed by atoms with Crippen molar-refractivity contribution in [2.24, 2.45) is 0 Å². The van der Waals surface area contributed by atoms with Crippen molar-refractivity contribution in [3.05, 3.63) is 60.6 Å². The Kier molecular flexibility index (Phi) is 2.87. The first-order chi connectivity index (χ1) is 11.0. The monoisotopic (exact) mass is 313 g/mol. The average molecular weight is 313 g/mol. The number of aromatic amines is 1. The average Bonchev–Trinajstić information content (AvgIpc) is 2.99. The number of aromatic nitrogens is 3. The maximum Gasteiger partial charge on any atom is 0.449 e. The second kappa shape index (κ2) is 4.81. The van der Waals surface area contributed by atoms with Crippen molar-refractivity contribution in [2.45, 2.75) is 6.18 Å². The number of rotatable bonds is 1. The third-order valence-corrected chi connectivity index (χ3v) is 3.72. The number of fused-ring (bicyclic) bond motifs is 2. The summed E-state index contributed by atoms with van der Waals surface area (Å²) in [5, 5.41) is 0.874. The van der Waals surface area contributed by atoms with Crippen molar-refractivity contribution in [3.63, 3.8) is 0 Å². The molecule has 6 heteroatoms. The highest BCUT2D eigenvalue weighted by atomic mass is 19.4. The van der Waals surface area contributed by atoms with Gasteiger partial charge in [0.15, 0.2) is 0 Å². The summed E-state index contributed by atoms with van der Waals surface area (Å²) in [6, 6.07) is 14.3. The molecule has 0 saturated heterocycles. The number of nitrogens with zero attached hydrogens (tertiary/aromatic N) is 2. The van der Waals surface area contributed by atoms with Crippen molar-refractivity contribution in [1.29, 1.82) is 0 Å². The Morgan fingerprint density at radius 2 is 1.65 bits per heavy atom. The Morgan fingerprint density at radius 3 is 2.48 bits per heavy atom. The first-order valence-corrected chi connectivity index (χ1v) is 6.94. The van der Waals surface area contributed by atoms with Gasteiger partial charge in [0.05, 0.1) is 16.6 Å². The van der Waals surface area contributed by atoms with Crippen molar-refractivity contribution in [3.8, 4) is 11.1 Å². The lowest BCUT2D eigenvalue weighted by Gasteiger charge is -2.06. The smallest absolute Gasteiger partial charge is 0.334 e. The summed E-state index contributed by atoms with van der Waals surface area (Å²) in [5.41, 5.74) is 2.90. The molecule has 114 valence electrons. The molecule has 0 aliphatic carbocycles. The number of alkyl halides is 3. The fourth-order valence-corrected chi connectivity index (χ4v) is 2.72. The van der Waals surface area contributed by atoms with Crippen LogP contribution in [0.2, 0.25) is 0 Å². The van der Waals surface area contributed by atoms with Crippen LogP contribution in [0.25, 0.3) is 33.1 Å². The third kappa shape index (κ3) is 2.23. The highest BCUT2D eigenvalue weighted by molar-refractivity contribution is 6.02. The van der Waals surface area contributed by atoms with Crippen LogP contribution in [0.15, 0.2) is 54.7 Å². The first-order valence-electron chi connectivity index (χ1n) is 6.94. The van der Waals surface area contributed by atoms with E-state index in [-0.39, 0.29) is 0 Å². The van der Waals surface area contributed by atoms with Crippen LogP contribution in [0, 0.1) is 0 Å². The lowest BCUT2D eigenvalue weighted by molar-refractivity contribution is -0.144. The van der Waals surface area contributed by atoms with Crippen molar-refractivity contribution in [1.82, 2.24) is 15.0 Å². The summed E-state index contributed by atoms with van der Waals surface area (Å²) in [6.07, 6.45) is -2.82. The second-order valence-electron chi connectivity index (χ2n) is 5.16. The molecule has 0 bridgehead atoms. The Hall–Kier alpha value is -2.89. The maximum absolute atomic E-state index is 12.9. The molecule has 2 heterocycles. The maximum atomic E-state index is 12.9. The van der Waals surface area contributed by atoms with Crippen molar-refractivity contribution in [2.75, 3.05) is 0 Å². The van der Waals surface area contributed by atoms with Gasteiger partial charge in [-0.1, -0.05) is 30.3 Å². The molecule has 0 radical (unpaired) electrons. The van der Waals surface area contributed by atoms with Crippen LogP contribution >= 0.6 is 0 Å². The summed E-state index contributed by atoms with van der Waals surface area (Å²) in [5.74, 6) is -0.988. The molecule has 0 spiro atoms. The van der Waals surface area contributed by atoms with Crippen LogP contribution in [0.4, 0.5) is 13.2 Å². The van der Waals surface area contributed by atoms with Gasteiger partial charge in [0.2, 0.25) is 5.82 Å². The number of hydrogen-bond acceptors (Lipinski definition) is 2. The lowest BCUT2D eigenvalue weighted by Crippen LogP contribution is -2.06. The largest absolute Gasteiger partial charge is 0.449 e. The van der Waals surface area contributed by atoms with E-state index in [0.717, 1.165) is 16.5 Å². The van der Waals surface area contributed by atoms with E-state index in [0.29, 0.717) is 16.6 Å². The summed E-state index contributed by atoms with van der Waals surface area (Å²) >= 11 is 0. The molecule has 0 aliphatic heterocycles. The molecule has 0 fully saturated rings. The van der Waals surface area contributed by atoms with E-state index in [4.69, 9.17) is 0 Å². The van der Waals surface area contributed by atoms with Gasteiger partial charge in [-0.2, -0.15) is 13.2 Å². The van der Waals surface area contributed by atoms with Gasteiger partial charge >= 0.3 is 6.18 Å². The van der Waals surface area contributed by atoms with E-state index in [1.165, 1.54) is 0 Å². The summed E-state index contributed by atoms with van der Waals surface area (Å²) < 4.78 is 38.7. The van der Waals surface area contributed by atoms with Gasteiger partial charge in [-0.05, 0) is 23.8 Å². The van der Waals surface area contributed by atoms with E-state index in [1.54, 1.807) is 30.5 Å². The molecule has 1 N–H and O–H groups in total. The van der Waals surface area contributed by atoms with Crippen LogP contribution in [0.1, 0.15) is 5.82 Å². The molecule has 0 unspecified atom stereocenters. The van der Waals surface area contributed by atoms with Crippen molar-refractivity contribution < 1.29 is 13.2 Å². The van der Waals surface area contributed by atoms with Crippen LogP contribution in [0.5, 0.6) is 0 Å². The van der Waals surface area contributed by atoms with Gasteiger partial charge in [0.1, 0.15) is 0 Å². The number of para-hydroxylation sites is 1.